The van der Waals surface area contributed by atoms with E-state index in [1.165, 1.54) is 16.3 Å². The molecule has 0 radical (unpaired) electrons. The van der Waals surface area contributed by atoms with Gasteiger partial charge in [0.2, 0.25) is 0 Å². The first-order chi connectivity index (χ1) is 11.7. The van der Waals surface area contributed by atoms with Crippen molar-refractivity contribution in [2.45, 2.75) is 30.7 Å². The highest BCUT2D eigenvalue weighted by atomic mass is 32.2. The zero-order valence-electron chi connectivity index (χ0n) is 13.5. The number of fused-ring (bicyclic) bond motifs is 1. The molecule has 0 fully saturated rings. The number of nitrogens with zero attached hydrogens (tertiary/aromatic N) is 3. The van der Waals surface area contributed by atoms with E-state index < -0.39 is 0 Å². The second kappa shape index (κ2) is 7.33. The minimum Gasteiger partial charge on any atom is -0.382 e. The van der Waals surface area contributed by atoms with Gasteiger partial charge in [0.05, 0.1) is 5.69 Å². The summed E-state index contributed by atoms with van der Waals surface area (Å²) >= 11 is 1.55. The predicted molar refractivity (Wildman–Crippen MR) is 98.7 cm³/mol. The fourth-order valence-corrected chi connectivity index (χ4v) is 3.54. The fourth-order valence-electron chi connectivity index (χ4n) is 2.67. The Morgan fingerprint density at radius 2 is 1.92 bits per heavy atom. The molecule has 0 spiro atoms. The summed E-state index contributed by atoms with van der Waals surface area (Å²) in [5, 5.41) is 12.3. The van der Waals surface area contributed by atoms with E-state index in [2.05, 4.69) is 53.3 Å². The number of benzene rings is 2. The van der Waals surface area contributed by atoms with Gasteiger partial charge < -0.3 is 5.73 Å². The number of nitrogens with two attached hydrogens (primary N) is 1. The molecule has 0 atom stereocenters. The lowest BCUT2D eigenvalue weighted by molar-refractivity contribution is 0.826. The quantitative estimate of drug-likeness (QED) is 0.555. The van der Waals surface area contributed by atoms with E-state index >= 15 is 0 Å². The normalized spacial score (nSPS) is 10.7. The summed E-state index contributed by atoms with van der Waals surface area (Å²) in [6.07, 6.45) is 1.65. The fraction of sp³-hybridized carbons (Fsp3) is 0.211. The third-order valence-corrected chi connectivity index (χ3v) is 4.72. The summed E-state index contributed by atoms with van der Waals surface area (Å²) in [4.78, 5) is 8.83. The Morgan fingerprint density at radius 3 is 2.71 bits per heavy atom. The van der Waals surface area contributed by atoms with Crippen LogP contribution in [0.15, 0.2) is 47.6 Å². The number of aryl methyl sites for hydroxylation is 1. The second-order valence-electron chi connectivity index (χ2n) is 5.50. The molecule has 0 aliphatic heterocycles. The predicted octanol–water partition coefficient (Wildman–Crippen LogP) is 4.33. The van der Waals surface area contributed by atoms with Crippen LogP contribution in [-0.4, -0.2) is 9.97 Å². The van der Waals surface area contributed by atoms with E-state index in [9.17, 15) is 5.26 Å². The minimum absolute atomic E-state index is 0.274. The maximum absolute atomic E-state index is 9.23. The van der Waals surface area contributed by atoms with Gasteiger partial charge >= 0.3 is 0 Å². The lowest BCUT2D eigenvalue weighted by Crippen LogP contribution is -2.05. The van der Waals surface area contributed by atoms with Crippen LogP contribution in [0.1, 0.15) is 30.2 Å². The van der Waals surface area contributed by atoms with Gasteiger partial charge in [-0.2, -0.15) is 5.26 Å². The molecule has 3 rings (SSSR count). The van der Waals surface area contributed by atoms with Crippen molar-refractivity contribution in [3.05, 3.63) is 59.3 Å². The first-order valence-corrected chi connectivity index (χ1v) is 8.87. The molecule has 0 unspecified atom stereocenters. The Labute approximate surface area is 145 Å². The van der Waals surface area contributed by atoms with Crippen molar-refractivity contribution in [2.75, 3.05) is 5.73 Å². The van der Waals surface area contributed by atoms with E-state index in [-0.39, 0.29) is 5.82 Å². The molecule has 1 heterocycles. The van der Waals surface area contributed by atoms with Gasteiger partial charge in [0, 0.05) is 5.75 Å². The molecule has 1 aromatic heterocycles. The summed E-state index contributed by atoms with van der Waals surface area (Å²) in [5.41, 5.74) is 8.33. The Morgan fingerprint density at radius 1 is 1.12 bits per heavy atom. The number of nitrogen functional groups attached to an aromatic ring is 1. The largest absolute Gasteiger partial charge is 0.382 e. The number of rotatable bonds is 5. The first-order valence-electron chi connectivity index (χ1n) is 7.89. The van der Waals surface area contributed by atoms with Gasteiger partial charge in [-0.1, -0.05) is 67.6 Å². The van der Waals surface area contributed by atoms with E-state index in [0.717, 1.165) is 24.3 Å². The number of aromatic nitrogens is 2. The molecule has 0 aliphatic rings. The van der Waals surface area contributed by atoms with Crippen molar-refractivity contribution in [1.29, 1.82) is 5.26 Å². The third-order valence-electron chi connectivity index (χ3n) is 3.83. The van der Waals surface area contributed by atoms with Gasteiger partial charge in [0.15, 0.2) is 5.16 Å². The van der Waals surface area contributed by atoms with E-state index in [4.69, 9.17) is 5.73 Å². The zero-order valence-corrected chi connectivity index (χ0v) is 14.3. The van der Waals surface area contributed by atoms with Crippen molar-refractivity contribution in [3.8, 4) is 6.07 Å². The highest BCUT2D eigenvalue weighted by molar-refractivity contribution is 7.98. The second-order valence-corrected chi connectivity index (χ2v) is 6.44. The van der Waals surface area contributed by atoms with Gasteiger partial charge in [-0.3, -0.25) is 0 Å². The van der Waals surface area contributed by atoms with Crippen LogP contribution in [0.4, 0.5) is 5.82 Å². The molecule has 3 aromatic rings. The molecule has 2 aromatic carbocycles. The standard InChI is InChI=1S/C19H18N4S/c1-2-6-17-16(11-20)18(21)23-19(22-17)24-12-14-9-5-8-13-7-3-4-10-15(13)14/h3-5,7-10H,2,6,12H2,1H3,(H2,21,22,23). The number of hydrogen-bond donors (Lipinski definition) is 1. The number of hydrogen-bond acceptors (Lipinski definition) is 5. The number of thioether (sulfide) groups is 1. The van der Waals surface area contributed by atoms with Crippen LogP contribution in [0.3, 0.4) is 0 Å². The van der Waals surface area contributed by atoms with Crippen LogP contribution in [0, 0.1) is 11.3 Å². The molecule has 2 N–H and O–H groups in total. The Balaban J connectivity index is 1.88. The summed E-state index contributed by atoms with van der Waals surface area (Å²) in [7, 11) is 0. The molecule has 4 nitrogen and oxygen atoms in total. The van der Waals surface area contributed by atoms with Crippen LogP contribution in [0.25, 0.3) is 10.8 Å². The molecular formula is C19H18N4S. The molecule has 0 saturated heterocycles. The van der Waals surface area contributed by atoms with Gasteiger partial charge in [-0.05, 0) is 22.8 Å². The molecule has 0 aliphatic carbocycles. The van der Waals surface area contributed by atoms with E-state index in [0.29, 0.717) is 10.7 Å². The van der Waals surface area contributed by atoms with Crippen LogP contribution >= 0.6 is 11.8 Å². The lowest BCUT2D eigenvalue weighted by atomic mass is 10.1. The average molecular weight is 334 g/mol. The molecule has 24 heavy (non-hydrogen) atoms. The third kappa shape index (κ3) is 3.34. The van der Waals surface area contributed by atoms with Gasteiger partial charge in [-0.25, -0.2) is 9.97 Å². The maximum atomic E-state index is 9.23. The summed E-state index contributed by atoms with van der Waals surface area (Å²) < 4.78 is 0. The van der Waals surface area contributed by atoms with Crippen LogP contribution in [0.2, 0.25) is 0 Å². The zero-order chi connectivity index (χ0) is 16.9. The van der Waals surface area contributed by atoms with Crippen molar-refractivity contribution < 1.29 is 0 Å². The lowest BCUT2D eigenvalue weighted by Gasteiger charge is -2.09. The minimum atomic E-state index is 0.274. The van der Waals surface area contributed by atoms with Crippen molar-refractivity contribution in [3.63, 3.8) is 0 Å². The van der Waals surface area contributed by atoms with Crippen molar-refractivity contribution in [2.24, 2.45) is 0 Å². The topological polar surface area (TPSA) is 75.6 Å². The van der Waals surface area contributed by atoms with Gasteiger partial charge in [0.25, 0.3) is 0 Å². The molecular weight excluding hydrogens is 316 g/mol. The van der Waals surface area contributed by atoms with Crippen molar-refractivity contribution >= 4 is 28.4 Å². The number of nitriles is 1. The maximum Gasteiger partial charge on any atom is 0.190 e. The molecule has 0 amide bonds. The number of anilines is 1. The van der Waals surface area contributed by atoms with E-state index in [1.807, 2.05) is 12.1 Å². The van der Waals surface area contributed by atoms with Gasteiger partial charge in [0.1, 0.15) is 17.5 Å². The highest BCUT2D eigenvalue weighted by Gasteiger charge is 2.12. The monoisotopic (exact) mass is 334 g/mol. The molecule has 5 heteroatoms. The summed E-state index contributed by atoms with van der Waals surface area (Å²) in [6.45, 7) is 2.06. The van der Waals surface area contributed by atoms with E-state index in [1.54, 1.807) is 11.8 Å². The Hall–Kier alpha value is -2.58. The Kier molecular flexibility index (Phi) is 4.97. The van der Waals surface area contributed by atoms with Crippen LogP contribution in [0.5, 0.6) is 0 Å². The molecule has 0 bridgehead atoms. The first kappa shape index (κ1) is 16.3. The molecule has 120 valence electrons. The SMILES string of the molecule is CCCc1nc(SCc2cccc3ccccc23)nc(N)c1C#N. The molecule has 0 saturated carbocycles. The van der Waals surface area contributed by atoms with Crippen molar-refractivity contribution in [1.82, 2.24) is 9.97 Å². The summed E-state index contributed by atoms with van der Waals surface area (Å²) in [6, 6.07) is 16.7. The van der Waals surface area contributed by atoms with Crippen LogP contribution < -0.4 is 5.73 Å². The Bertz CT molecular complexity index is 910. The highest BCUT2D eigenvalue weighted by Crippen LogP contribution is 2.27. The summed E-state index contributed by atoms with van der Waals surface area (Å²) in [5.74, 6) is 1.04. The average Bonchev–Trinajstić information content (AvgIpc) is 2.60. The van der Waals surface area contributed by atoms with Crippen LogP contribution in [-0.2, 0) is 12.2 Å². The van der Waals surface area contributed by atoms with Gasteiger partial charge in [-0.15, -0.1) is 0 Å². The smallest absolute Gasteiger partial charge is 0.190 e.